The number of aromatic nitrogens is 2. The quantitative estimate of drug-likeness (QED) is 0.852. The minimum atomic E-state index is 0.177. The van der Waals surface area contributed by atoms with Crippen molar-refractivity contribution < 1.29 is 5.11 Å². The molecule has 2 rings (SSSR count). The van der Waals surface area contributed by atoms with Gasteiger partial charge in [-0.1, -0.05) is 26.8 Å². The zero-order valence-corrected chi connectivity index (χ0v) is 12.8. The topological polar surface area (TPSA) is 52.1 Å². The van der Waals surface area contributed by atoms with E-state index in [1.807, 2.05) is 0 Å². The van der Waals surface area contributed by atoms with E-state index in [-0.39, 0.29) is 12.6 Å². The van der Waals surface area contributed by atoms with Crippen molar-refractivity contribution >= 4 is 11.0 Å². The van der Waals surface area contributed by atoms with E-state index in [4.69, 9.17) is 4.98 Å². The third-order valence-electron chi connectivity index (χ3n) is 3.75. The van der Waals surface area contributed by atoms with Crippen LogP contribution in [0.15, 0.2) is 18.2 Å². The largest absolute Gasteiger partial charge is 0.395 e. The Morgan fingerprint density at radius 3 is 2.70 bits per heavy atom. The highest BCUT2D eigenvalue weighted by molar-refractivity contribution is 5.75. The molecule has 0 bridgehead atoms. The molecule has 2 aromatic rings. The van der Waals surface area contributed by atoms with Crippen molar-refractivity contribution in [3.63, 3.8) is 0 Å². The van der Waals surface area contributed by atoms with E-state index >= 15 is 0 Å². The third kappa shape index (κ3) is 3.02. The number of aliphatic hydroxyl groups excluding tert-OH is 1. The number of aryl methyl sites for hydroxylation is 1. The number of nitrogens with one attached hydrogen (secondary N) is 1. The van der Waals surface area contributed by atoms with Gasteiger partial charge in [0, 0.05) is 6.54 Å². The first-order valence-electron chi connectivity index (χ1n) is 7.38. The molecule has 1 aromatic carbocycles. The van der Waals surface area contributed by atoms with Gasteiger partial charge in [-0.05, 0) is 37.1 Å². The number of imidazole rings is 1. The first kappa shape index (κ1) is 15.0. The Labute approximate surface area is 120 Å². The minimum absolute atomic E-state index is 0.177. The molecule has 0 spiro atoms. The van der Waals surface area contributed by atoms with E-state index in [0.29, 0.717) is 12.5 Å². The molecule has 1 atom stereocenters. The summed E-state index contributed by atoms with van der Waals surface area (Å²) in [7, 11) is 0. The number of hydrogen-bond acceptors (Lipinski definition) is 3. The molecule has 20 heavy (non-hydrogen) atoms. The molecule has 0 amide bonds. The smallest absolute Gasteiger partial charge is 0.124 e. The summed E-state index contributed by atoms with van der Waals surface area (Å²) in [5.41, 5.74) is 3.33. The van der Waals surface area contributed by atoms with Crippen LogP contribution in [0.3, 0.4) is 0 Å². The van der Waals surface area contributed by atoms with Crippen molar-refractivity contribution in [1.29, 1.82) is 0 Å². The molecule has 0 aliphatic heterocycles. The molecule has 0 saturated carbocycles. The highest BCUT2D eigenvalue weighted by Crippen LogP contribution is 2.28. The summed E-state index contributed by atoms with van der Waals surface area (Å²) in [6.45, 7) is 10.4. The summed E-state index contributed by atoms with van der Waals surface area (Å²) in [4.78, 5) is 10.5. The molecule has 1 heterocycles. The fourth-order valence-corrected chi connectivity index (χ4v) is 2.82. The zero-order chi connectivity index (χ0) is 14.7. The van der Waals surface area contributed by atoms with Crippen molar-refractivity contribution in [2.75, 3.05) is 19.7 Å². The Bertz CT molecular complexity index is 562. The second kappa shape index (κ2) is 6.37. The maximum atomic E-state index is 9.25. The molecule has 0 saturated heterocycles. The lowest BCUT2D eigenvalue weighted by atomic mass is 10.0. The summed E-state index contributed by atoms with van der Waals surface area (Å²) in [6, 6.07) is 6.48. The van der Waals surface area contributed by atoms with E-state index < -0.39 is 0 Å². The second-order valence-corrected chi connectivity index (χ2v) is 5.68. The van der Waals surface area contributed by atoms with Crippen LogP contribution in [0.25, 0.3) is 11.0 Å². The predicted octanol–water partition coefficient (Wildman–Crippen LogP) is 2.88. The summed E-state index contributed by atoms with van der Waals surface area (Å²) in [6.07, 6.45) is 0. The highest BCUT2D eigenvalue weighted by atomic mass is 16.3. The zero-order valence-electron chi connectivity index (χ0n) is 12.8. The van der Waals surface area contributed by atoms with E-state index in [2.05, 4.69) is 55.8 Å². The Hall–Kier alpha value is -1.39. The molecule has 0 radical (unpaired) electrons. The van der Waals surface area contributed by atoms with E-state index in [0.717, 1.165) is 23.4 Å². The molecule has 0 aliphatic carbocycles. The molecule has 0 fully saturated rings. The van der Waals surface area contributed by atoms with Crippen LogP contribution < -0.4 is 0 Å². The molecule has 0 aliphatic rings. The predicted molar refractivity (Wildman–Crippen MR) is 82.7 cm³/mol. The highest BCUT2D eigenvalue weighted by Gasteiger charge is 2.25. The SMILES string of the molecule is CCN(CCO)C(c1nc2ccc(C)cc2[nH]1)C(C)C. The number of likely N-dealkylation sites (N-methyl/N-ethyl adjacent to an activating group) is 1. The average Bonchev–Trinajstić information content (AvgIpc) is 2.79. The summed E-state index contributed by atoms with van der Waals surface area (Å²) in [5, 5.41) is 9.25. The number of rotatable bonds is 6. The van der Waals surface area contributed by atoms with E-state index in [1.54, 1.807) is 0 Å². The molecule has 2 N–H and O–H groups in total. The van der Waals surface area contributed by atoms with Crippen LogP contribution in [0, 0.1) is 12.8 Å². The number of hydrogen-bond donors (Lipinski definition) is 2. The van der Waals surface area contributed by atoms with Crippen molar-refractivity contribution in [1.82, 2.24) is 14.9 Å². The lowest BCUT2D eigenvalue weighted by Crippen LogP contribution is -2.34. The van der Waals surface area contributed by atoms with E-state index in [9.17, 15) is 5.11 Å². The first-order chi connectivity index (χ1) is 9.56. The van der Waals surface area contributed by atoms with Gasteiger partial charge in [0.25, 0.3) is 0 Å². The fraction of sp³-hybridized carbons (Fsp3) is 0.562. The molecular weight excluding hydrogens is 250 g/mol. The fourth-order valence-electron chi connectivity index (χ4n) is 2.82. The van der Waals surface area contributed by atoms with Crippen LogP contribution in [0.1, 0.15) is 38.2 Å². The number of aromatic amines is 1. The van der Waals surface area contributed by atoms with Crippen LogP contribution in [-0.4, -0.2) is 39.7 Å². The Morgan fingerprint density at radius 2 is 2.10 bits per heavy atom. The van der Waals surface area contributed by atoms with Crippen LogP contribution in [0.2, 0.25) is 0 Å². The summed E-state index contributed by atoms with van der Waals surface area (Å²) >= 11 is 0. The minimum Gasteiger partial charge on any atom is -0.395 e. The van der Waals surface area contributed by atoms with Crippen LogP contribution in [0.4, 0.5) is 0 Å². The van der Waals surface area contributed by atoms with Gasteiger partial charge in [-0.3, -0.25) is 4.90 Å². The van der Waals surface area contributed by atoms with Gasteiger partial charge >= 0.3 is 0 Å². The van der Waals surface area contributed by atoms with Gasteiger partial charge in [0.1, 0.15) is 5.82 Å². The van der Waals surface area contributed by atoms with Gasteiger partial charge < -0.3 is 10.1 Å². The summed E-state index contributed by atoms with van der Waals surface area (Å²) < 4.78 is 0. The molecule has 110 valence electrons. The average molecular weight is 275 g/mol. The standard InChI is InChI=1S/C16H25N3O/c1-5-19(8-9-20)15(11(2)3)16-17-13-7-6-12(4)10-14(13)18-16/h6-7,10-11,15,20H,5,8-9H2,1-4H3,(H,17,18). The van der Waals surface area contributed by atoms with Crippen molar-refractivity contribution in [2.45, 2.75) is 33.7 Å². The van der Waals surface area contributed by atoms with Crippen molar-refractivity contribution in [3.8, 4) is 0 Å². The maximum absolute atomic E-state index is 9.25. The number of benzene rings is 1. The Kier molecular flexibility index (Phi) is 4.78. The molecule has 1 unspecified atom stereocenters. The lowest BCUT2D eigenvalue weighted by Gasteiger charge is -2.31. The Morgan fingerprint density at radius 1 is 1.35 bits per heavy atom. The number of H-pyrrole nitrogens is 1. The molecular formula is C16H25N3O. The lowest BCUT2D eigenvalue weighted by molar-refractivity contribution is 0.123. The second-order valence-electron chi connectivity index (χ2n) is 5.68. The van der Waals surface area contributed by atoms with Crippen LogP contribution in [-0.2, 0) is 0 Å². The van der Waals surface area contributed by atoms with Gasteiger partial charge in [0.05, 0.1) is 23.7 Å². The van der Waals surface area contributed by atoms with Crippen molar-refractivity contribution in [3.05, 3.63) is 29.6 Å². The maximum Gasteiger partial charge on any atom is 0.124 e. The van der Waals surface area contributed by atoms with Gasteiger partial charge in [-0.25, -0.2) is 4.98 Å². The van der Waals surface area contributed by atoms with Crippen LogP contribution in [0.5, 0.6) is 0 Å². The van der Waals surface area contributed by atoms with Crippen molar-refractivity contribution in [2.24, 2.45) is 5.92 Å². The van der Waals surface area contributed by atoms with Gasteiger partial charge in [-0.2, -0.15) is 0 Å². The normalized spacial score (nSPS) is 13.6. The monoisotopic (exact) mass is 275 g/mol. The molecule has 4 nitrogen and oxygen atoms in total. The number of fused-ring (bicyclic) bond motifs is 1. The van der Waals surface area contributed by atoms with Crippen LogP contribution >= 0.6 is 0 Å². The van der Waals surface area contributed by atoms with E-state index in [1.165, 1.54) is 5.56 Å². The first-order valence-corrected chi connectivity index (χ1v) is 7.38. The number of nitrogens with zero attached hydrogens (tertiary/aromatic N) is 2. The van der Waals surface area contributed by atoms with Gasteiger partial charge in [0.15, 0.2) is 0 Å². The number of aliphatic hydroxyl groups is 1. The summed E-state index contributed by atoms with van der Waals surface area (Å²) in [5.74, 6) is 1.43. The van der Waals surface area contributed by atoms with Gasteiger partial charge in [-0.15, -0.1) is 0 Å². The molecule has 4 heteroatoms. The van der Waals surface area contributed by atoms with Gasteiger partial charge in [0.2, 0.25) is 0 Å². The molecule has 1 aromatic heterocycles. The third-order valence-corrected chi connectivity index (χ3v) is 3.75. The Balaban J connectivity index is 2.40.